The number of hydrogen-bond donors (Lipinski definition) is 0. The van der Waals surface area contributed by atoms with Gasteiger partial charge in [0.1, 0.15) is 0 Å². The van der Waals surface area contributed by atoms with Crippen molar-refractivity contribution in [3.8, 4) is 0 Å². The minimum atomic E-state index is 0.324. The lowest BCUT2D eigenvalue weighted by Crippen LogP contribution is -2.53. The number of piperazine rings is 1. The van der Waals surface area contributed by atoms with E-state index in [4.69, 9.17) is 0 Å². The second-order valence-corrected chi connectivity index (χ2v) is 6.37. The van der Waals surface area contributed by atoms with Crippen molar-refractivity contribution in [3.05, 3.63) is 0 Å². The van der Waals surface area contributed by atoms with Crippen LogP contribution in [0.1, 0.15) is 26.7 Å². The van der Waals surface area contributed by atoms with Gasteiger partial charge in [0.2, 0.25) is 5.91 Å². The highest BCUT2D eigenvalue weighted by Crippen LogP contribution is 2.26. The highest BCUT2D eigenvalue weighted by atomic mass is 79.9. The van der Waals surface area contributed by atoms with Crippen molar-refractivity contribution < 1.29 is 4.79 Å². The summed E-state index contributed by atoms with van der Waals surface area (Å²) in [6.45, 7) is 8.74. The molecule has 0 N–H and O–H groups in total. The summed E-state index contributed by atoms with van der Waals surface area (Å²) >= 11 is 3.57. The van der Waals surface area contributed by atoms with E-state index in [1.165, 1.54) is 0 Å². The molecule has 2 fully saturated rings. The summed E-state index contributed by atoms with van der Waals surface area (Å²) < 4.78 is 0. The molecule has 1 amide bonds. The van der Waals surface area contributed by atoms with Crippen LogP contribution in [-0.4, -0.2) is 53.3 Å². The maximum atomic E-state index is 11.6. The quantitative estimate of drug-likeness (QED) is 0.739. The number of alkyl halides is 1. The van der Waals surface area contributed by atoms with Crippen LogP contribution in [0.4, 0.5) is 0 Å². The van der Waals surface area contributed by atoms with E-state index in [9.17, 15) is 4.79 Å². The number of carbonyl (C=O) groups is 1. The van der Waals surface area contributed by atoms with Gasteiger partial charge >= 0.3 is 0 Å². The number of amides is 1. The second-order valence-electron chi connectivity index (χ2n) is 5.81. The van der Waals surface area contributed by atoms with Gasteiger partial charge in [-0.1, -0.05) is 29.8 Å². The summed E-state index contributed by atoms with van der Waals surface area (Å²) in [4.78, 5) is 16.2. The van der Waals surface area contributed by atoms with Gasteiger partial charge in [-0.3, -0.25) is 9.69 Å². The van der Waals surface area contributed by atoms with Crippen LogP contribution in [0.5, 0.6) is 0 Å². The third kappa shape index (κ3) is 2.59. The Kier molecular flexibility index (Phi) is 3.59. The summed E-state index contributed by atoms with van der Waals surface area (Å²) in [5.74, 6) is 0.365. The van der Waals surface area contributed by atoms with E-state index in [1.807, 2.05) is 0 Å². The van der Waals surface area contributed by atoms with Gasteiger partial charge in [-0.25, -0.2) is 0 Å². The lowest BCUT2D eigenvalue weighted by Gasteiger charge is -2.40. The fourth-order valence-electron chi connectivity index (χ4n) is 2.72. The number of rotatable bonds is 3. The Morgan fingerprint density at radius 3 is 2.88 bits per heavy atom. The first-order valence-corrected chi connectivity index (χ1v) is 7.22. The Morgan fingerprint density at radius 2 is 2.19 bits per heavy atom. The minimum absolute atomic E-state index is 0.324. The van der Waals surface area contributed by atoms with Crippen LogP contribution in [0.25, 0.3) is 0 Å². The van der Waals surface area contributed by atoms with Gasteiger partial charge in [0.25, 0.3) is 0 Å². The molecule has 0 aromatic rings. The van der Waals surface area contributed by atoms with Crippen molar-refractivity contribution in [1.82, 2.24) is 9.80 Å². The average molecular weight is 289 g/mol. The molecule has 2 aliphatic rings. The molecular weight excluding hydrogens is 268 g/mol. The second kappa shape index (κ2) is 4.65. The van der Waals surface area contributed by atoms with Gasteiger partial charge in [0.05, 0.1) is 0 Å². The highest BCUT2D eigenvalue weighted by molar-refractivity contribution is 9.09. The molecule has 1 unspecified atom stereocenters. The van der Waals surface area contributed by atoms with Gasteiger partial charge < -0.3 is 4.90 Å². The molecule has 2 aliphatic heterocycles. The van der Waals surface area contributed by atoms with Crippen molar-refractivity contribution in [2.75, 3.05) is 31.5 Å². The first kappa shape index (κ1) is 12.4. The van der Waals surface area contributed by atoms with Crippen LogP contribution < -0.4 is 0 Å². The zero-order chi connectivity index (χ0) is 11.8. The van der Waals surface area contributed by atoms with Crippen LogP contribution in [0.3, 0.4) is 0 Å². The van der Waals surface area contributed by atoms with Gasteiger partial charge in [0, 0.05) is 44.0 Å². The van der Waals surface area contributed by atoms with Gasteiger partial charge in [-0.2, -0.15) is 0 Å². The van der Waals surface area contributed by atoms with Crippen LogP contribution in [0.2, 0.25) is 0 Å². The monoisotopic (exact) mass is 288 g/mol. The SMILES string of the molecule is CC(C)(CBr)CN1CCN2C(=O)CCC2C1. The van der Waals surface area contributed by atoms with Crippen LogP contribution >= 0.6 is 15.9 Å². The van der Waals surface area contributed by atoms with E-state index < -0.39 is 0 Å². The highest BCUT2D eigenvalue weighted by Gasteiger charge is 2.36. The zero-order valence-corrected chi connectivity index (χ0v) is 11.8. The summed E-state index contributed by atoms with van der Waals surface area (Å²) in [6.07, 6.45) is 1.82. The van der Waals surface area contributed by atoms with E-state index in [1.54, 1.807) is 0 Å². The standard InChI is InChI=1S/C12H21BrN2O/c1-12(2,8-13)9-14-5-6-15-10(7-14)3-4-11(15)16/h10H,3-9H2,1-2H3. The average Bonchev–Trinajstić information content (AvgIpc) is 2.60. The van der Waals surface area contributed by atoms with Gasteiger partial charge in [0.15, 0.2) is 0 Å². The molecule has 2 rings (SSSR count). The number of hydrogen-bond acceptors (Lipinski definition) is 2. The predicted molar refractivity (Wildman–Crippen MR) is 68.8 cm³/mol. The Morgan fingerprint density at radius 1 is 1.44 bits per heavy atom. The molecule has 4 heteroatoms. The number of fused-ring (bicyclic) bond motifs is 1. The number of nitrogens with zero attached hydrogens (tertiary/aromatic N) is 2. The predicted octanol–water partition coefficient (Wildman–Crippen LogP) is 1.71. The lowest BCUT2D eigenvalue weighted by molar-refractivity contribution is -0.130. The summed E-state index contributed by atoms with van der Waals surface area (Å²) in [5.41, 5.74) is 0.324. The maximum absolute atomic E-state index is 11.6. The van der Waals surface area contributed by atoms with Crippen molar-refractivity contribution in [1.29, 1.82) is 0 Å². The lowest BCUT2D eigenvalue weighted by atomic mass is 9.95. The number of halogens is 1. The summed E-state index contributed by atoms with van der Waals surface area (Å²) in [5, 5.41) is 1.03. The Bertz CT molecular complexity index is 280. The van der Waals surface area contributed by atoms with Gasteiger partial charge in [-0.05, 0) is 11.8 Å². The molecule has 0 saturated carbocycles. The Labute approximate surface area is 106 Å². The largest absolute Gasteiger partial charge is 0.337 e. The van der Waals surface area contributed by atoms with Crippen LogP contribution in [0, 0.1) is 5.41 Å². The van der Waals surface area contributed by atoms with Crippen molar-refractivity contribution in [3.63, 3.8) is 0 Å². The van der Waals surface area contributed by atoms with Crippen molar-refractivity contribution in [2.24, 2.45) is 5.41 Å². The molecule has 16 heavy (non-hydrogen) atoms. The molecular formula is C12H21BrN2O. The Hall–Kier alpha value is -0.0900. The fourth-order valence-corrected chi connectivity index (χ4v) is 2.90. The maximum Gasteiger partial charge on any atom is 0.222 e. The normalized spacial score (nSPS) is 27.3. The molecule has 0 aromatic heterocycles. The van der Waals surface area contributed by atoms with E-state index in [2.05, 4.69) is 39.6 Å². The van der Waals surface area contributed by atoms with Crippen LogP contribution in [-0.2, 0) is 4.79 Å². The fraction of sp³-hybridized carbons (Fsp3) is 0.917. The number of carbonyl (C=O) groups excluding carboxylic acids is 1. The molecule has 0 radical (unpaired) electrons. The van der Waals surface area contributed by atoms with Gasteiger partial charge in [-0.15, -0.1) is 0 Å². The molecule has 2 heterocycles. The topological polar surface area (TPSA) is 23.6 Å². The zero-order valence-electron chi connectivity index (χ0n) is 10.2. The molecule has 1 atom stereocenters. The third-order valence-corrected chi connectivity index (χ3v) is 5.11. The van der Waals surface area contributed by atoms with E-state index in [0.717, 1.165) is 44.4 Å². The molecule has 3 nitrogen and oxygen atoms in total. The molecule has 0 aliphatic carbocycles. The molecule has 0 spiro atoms. The third-order valence-electron chi connectivity index (χ3n) is 3.59. The summed E-state index contributed by atoms with van der Waals surface area (Å²) in [7, 11) is 0. The first-order chi connectivity index (χ1) is 7.52. The Balaban J connectivity index is 1.90. The minimum Gasteiger partial charge on any atom is -0.337 e. The molecule has 0 aromatic carbocycles. The molecule has 0 bridgehead atoms. The summed E-state index contributed by atoms with van der Waals surface area (Å²) in [6, 6.07) is 0.493. The molecule has 2 saturated heterocycles. The first-order valence-electron chi connectivity index (χ1n) is 6.10. The molecule has 92 valence electrons. The van der Waals surface area contributed by atoms with Crippen molar-refractivity contribution in [2.45, 2.75) is 32.7 Å². The smallest absolute Gasteiger partial charge is 0.222 e. The van der Waals surface area contributed by atoms with Crippen molar-refractivity contribution >= 4 is 21.8 Å². The van der Waals surface area contributed by atoms with Crippen LogP contribution in [0.15, 0.2) is 0 Å². The van der Waals surface area contributed by atoms with E-state index >= 15 is 0 Å². The van der Waals surface area contributed by atoms with E-state index in [-0.39, 0.29) is 0 Å². The van der Waals surface area contributed by atoms with E-state index in [0.29, 0.717) is 17.4 Å².